The Morgan fingerprint density at radius 2 is 1.76 bits per heavy atom. The van der Waals surface area contributed by atoms with Crippen LogP contribution in [-0.4, -0.2) is 63.8 Å². The van der Waals surface area contributed by atoms with Crippen LogP contribution in [0.4, 0.5) is 17.1 Å². The third kappa shape index (κ3) is 6.10. The van der Waals surface area contributed by atoms with Crippen molar-refractivity contribution in [1.82, 2.24) is 25.2 Å². The number of hydrogen-bond donors (Lipinski definition) is 3. The highest BCUT2D eigenvalue weighted by Crippen LogP contribution is 2.36. The van der Waals surface area contributed by atoms with Crippen molar-refractivity contribution in [2.24, 2.45) is 0 Å². The number of allylic oxidation sites excluding steroid dienone is 1. The van der Waals surface area contributed by atoms with Gasteiger partial charge in [0.1, 0.15) is 23.2 Å². The van der Waals surface area contributed by atoms with Crippen molar-refractivity contribution in [2.45, 2.75) is 52.0 Å². The Balaban J connectivity index is 1.30. The van der Waals surface area contributed by atoms with Gasteiger partial charge in [0.15, 0.2) is 5.69 Å². The van der Waals surface area contributed by atoms with Crippen molar-refractivity contribution < 1.29 is 28.7 Å². The molecule has 3 aromatic carbocycles. The van der Waals surface area contributed by atoms with Crippen LogP contribution < -0.4 is 25.4 Å². The number of ether oxygens (including phenoxy) is 2. The molecule has 49 heavy (non-hydrogen) atoms. The number of carbonyl (C=O) groups excluding carboxylic acids is 4. The number of carbonyl (C=O) groups is 4. The van der Waals surface area contributed by atoms with Crippen LogP contribution in [0.1, 0.15) is 76.1 Å². The molecule has 0 radical (unpaired) electrons. The van der Waals surface area contributed by atoms with E-state index in [1.165, 1.54) is 4.68 Å². The van der Waals surface area contributed by atoms with Gasteiger partial charge >= 0.3 is 0 Å². The molecule has 4 aromatic rings. The zero-order chi connectivity index (χ0) is 35.2. The predicted molar refractivity (Wildman–Crippen MR) is 183 cm³/mol. The summed E-state index contributed by atoms with van der Waals surface area (Å²) < 4.78 is 12.4. The second kappa shape index (κ2) is 12.6. The number of hydrogen-bond acceptors (Lipinski definition) is 9. The molecule has 1 saturated heterocycles. The van der Waals surface area contributed by atoms with Gasteiger partial charge in [-0.1, -0.05) is 38.6 Å². The number of fused-ring (bicyclic) bond motifs is 1. The first kappa shape index (κ1) is 32.9. The maximum atomic E-state index is 13.7. The van der Waals surface area contributed by atoms with Gasteiger partial charge in [-0.25, -0.2) is 4.68 Å². The molecule has 6 rings (SSSR count). The van der Waals surface area contributed by atoms with Gasteiger partial charge in [-0.15, -0.1) is 5.10 Å². The summed E-state index contributed by atoms with van der Waals surface area (Å²) in [5.41, 5.74) is 4.11. The molecule has 13 nitrogen and oxygen atoms in total. The zero-order valence-corrected chi connectivity index (χ0v) is 28.1. The summed E-state index contributed by atoms with van der Waals surface area (Å²) in [6.45, 7) is 11.6. The summed E-state index contributed by atoms with van der Waals surface area (Å²) in [5.74, 6) is -0.878. The number of anilines is 3. The Morgan fingerprint density at radius 1 is 1.00 bits per heavy atom. The topological polar surface area (TPSA) is 157 Å². The second-order valence-electron chi connectivity index (χ2n) is 13.0. The second-order valence-corrected chi connectivity index (χ2v) is 13.0. The van der Waals surface area contributed by atoms with E-state index in [0.717, 1.165) is 10.5 Å². The summed E-state index contributed by atoms with van der Waals surface area (Å²) in [6.07, 6.45) is 0.768. The van der Waals surface area contributed by atoms with Crippen molar-refractivity contribution in [3.8, 4) is 17.2 Å². The number of piperidine rings is 1. The molecule has 4 amide bonds. The van der Waals surface area contributed by atoms with Crippen LogP contribution in [0.5, 0.6) is 11.5 Å². The van der Waals surface area contributed by atoms with Crippen LogP contribution in [0, 0.1) is 6.92 Å². The minimum Gasteiger partial charge on any atom is -0.497 e. The minimum absolute atomic E-state index is 0.112. The third-order valence-corrected chi connectivity index (χ3v) is 8.64. The van der Waals surface area contributed by atoms with Crippen LogP contribution in [0.3, 0.4) is 0 Å². The smallest absolute Gasteiger partial charge is 0.278 e. The summed E-state index contributed by atoms with van der Waals surface area (Å²) in [5, 5.41) is 17.3. The Bertz CT molecular complexity index is 2040. The monoisotopic (exact) mass is 663 g/mol. The highest BCUT2D eigenvalue weighted by atomic mass is 16.5. The van der Waals surface area contributed by atoms with Crippen molar-refractivity contribution in [3.05, 3.63) is 95.0 Å². The number of amides is 4. The van der Waals surface area contributed by atoms with Gasteiger partial charge in [-0.05, 0) is 73.2 Å². The minimum atomic E-state index is -0.928. The van der Waals surface area contributed by atoms with Crippen molar-refractivity contribution >= 4 is 40.7 Å². The molecule has 1 unspecified atom stereocenters. The first-order chi connectivity index (χ1) is 23.3. The number of nitrogens with zero attached hydrogens (tertiary/aromatic N) is 4. The molecular formula is C36H37N7O6. The van der Waals surface area contributed by atoms with Gasteiger partial charge in [0.05, 0.1) is 36.7 Å². The van der Waals surface area contributed by atoms with E-state index in [-0.39, 0.29) is 22.2 Å². The molecule has 0 spiro atoms. The molecule has 1 aromatic heterocycles. The van der Waals surface area contributed by atoms with E-state index < -0.39 is 29.7 Å². The molecule has 1 atom stereocenters. The molecule has 0 saturated carbocycles. The Kier molecular flexibility index (Phi) is 8.45. The standard InChI is InChI=1S/C36H37N7O6/c1-19-11-13-27(32(44)37-19)42-34(46)25-9-8-10-26(30(25)35(42)47)38-22-15-21(36(3,4)5)16-23(17-22)39-33(45)31-20(2)43(41-40-31)28-18-24(48-6)12-14-29(28)49-7/h8-10,12,14-18,27,38H,1,11,13H2,2-7H3,(H,37,44)(H,39,45). The molecule has 13 heteroatoms. The normalized spacial score (nSPS) is 16.0. The fourth-order valence-electron chi connectivity index (χ4n) is 5.98. The molecule has 2 aliphatic rings. The van der Waals surface area contributed by atoms with E-state index in [4.69, 9.17) is 9.47 Å². The third-order valence-electron chi connectivity index (χ3n) is 8.64. The summed E-state index contributed by atoms with van der Waals surface area (Å²) in [7, 11) is 3.10. The Hall–Kier alpha value is -5.98. The molecule has 0 aliphatic carbocycles. The van der Waals surface area contributed by atoms with Crippen LogP contribution in [0.25, 0.3) is 5.69 Å². The lowest BCUT2D eigenvalue weighted by Gasteiger charge is -2.29. The largest absolute Gasteiger partial charge is 0.497 e. The van der Waals surface area contributed by atoms with E-state index in [1.54, 1.807) is 63.6 Å². The summed E-state index contributed by atoms with van der Waals surface area (Å²) >= 11 is 0. The van der Waals surface area contributed by atoms with Crippen LogP contribution >= 0.6 is 0 Å². The fourth-order valence-corrected chi connectivity index (χ4v) is 5.98. The van der Waals surface area contributed by atoms with Gasteiger partial charge in [0, 0.05) is 23.1 Å². The van der Waals surface area contributed by atoms with Gasteiger partial charge in [-0.2, -0.15) is 0 Å². The highest BCUT2D eigenvalue weighted by Gasteiger charge is 2.45. The number of imide groups is 1. The lowest BCUT2D eigenvalue weighted by atomic mass is 9.86. The highest BCUT2D eigenvalue weighted by molar-refractivity contribution is 6.25. The Labute approximate surface area is 283 Å². The number of benzene rings is 3. The molecular weight excluding hydrogens is 626 g/mol. The van der Waals surface area contributed by atoms with E-state index in [1.807, 2.05) is 32.9 Å². The quantitative estimate of drug-likeness (QED) is 0.214. The maximum Gasteiger partial charge on any atom is 0.278 e. The van der Waals surface area contributed by atoms with Crippen molar-refractivity contribution in [3.63, 3.8) is 0 Å². The van der Waals surface area contributed by atoms with E-state index >= 15 is 0 Å². The zero-order valence-electron chi connectivity index (χ0n) is 28.1. The molecule has 3 N–H and O–H groups in total. The number of rotatable bonds is 8. The fraction of sp³-hybridized carbons (Fsp3) is 0.278. The number of nitrogens with one attached hydrogen (secondary N) is 3. The first-order valence-corrected chi connectivity index (χ1v) is 15.7. The molecule has 252 valence electrons. The lowest BCUT2D eigenvalue weighted by molar-refractivity contribution is -0.125. The maximum absolute atomic E-state index is 13.7. The van der Waals surface area contributed by atoms with E-state index in [2.05, 4.69) is 32.8 Å². The van der Waals surface area contributed by atoms with Crippen LogP contribution in [0.15, 0.2) is 66.9 Å². The Morgan fingerprint density at radius 3 is 2.45 bits per heavy atom. The van der Waals surface area contributed by atoms with Gasteiger partial charge in [-0.3, -0.25) is 24.1 Å². The molecule has 0 bridgehead atoms. The summed E-state index contributed by atoms with van der Waals surface area (Å²) in [4.78, 5) is 54.5. The van der Waals surface area contributed by atoms with Crippen LogP contribution in [0.2, 0.25) is 0 Å². The molecule has 3 heterocycles. The van der Waals surface area contributed by atoms with Gasteiger partial charge in [0.25, 0.3) is 17.7 Å². The van der Waals surface area contributed by atoms with Crippen LogP contribution in [-0.2, 0) is 10.2 Å². The predicted octanol–water partition coefficient (Wildman–Crippen LogP) is 5.27. The molecule has 1 fully saturated rings. The number of aromatic nitrogens is 3. The van der Waals surface area contributed by atoms with E-state index in [0.29, 0.717) is 58.5 Å². The average molecular weight is 664 g/mol. The van der Waals surface area contributed by atoms with Crippen molar-refractivity contribution in [1.29, 1.82) is 0 Å². The SMILES string of the molecule is C=C1CCC(N2C(=O)c3cccc(Nc4cc(NC(=O)c5nnn(-c6cc(OC)ccc6OC)c5C)cc(C(C)(C)C)c4)c3C2=O)C(=O)N1. The van der Waals surface area contributed by atoms with Gasteiger partial charge < -0.3 is 25.4 Å². The average Bonchev–Trinajstić information content (AvgIpc) is 3.57. The summed E-state index contributed by atoms with van der Waals surface area (Å²) in [6, 6.07) is 14.8. The first-order valence-electron chi connectivity index (χ1n) is 15.7. The van der Waals surface area contributed by atoms with Crippen molar-refractivity contribution in [2.75, 3.05) is 24.9 Å². The molecule has 2 aliphatic heterocycles. The number of methoxy groups -OCH3 is 2. The van der Waals surface area contributed by atoms with E-state index in [9.17, 15) is 19.2 Å². The lowest BCUT2D eigenvalue weighted by Crippen LogP contribution is -2.51. The van der Waals surface area contributed by atoms with Gasteiger partial charge in [0.2, 0.25) is 5.91 Å².